The fraction of sp³-hybridized carbons (Fsp3) is 0.261. The Morgan fingerprint density at radius 1 is 1.25 bits per heavy atom. The van der Waals surface area contributed by atoms with Gasteiger partial charge in [0.05, 0.1) is 36.6 Å². The molecule has 1 aliphatic heterocycles. The summed E-state index contributed by atoms with van der Waals surface area (Å²) in [6.45, 7) is 3.77. The molecule has 9 heteroatoms. The van der Waals surface area contributed by atoms with Gasteiger partial charge in [0.15, 0.2) is 4.80 Å². The lowest BCUT2D eigenvalue weighted by Crippen LogP contribution is -2.39. The number of hydrogen-bond acceptors (Lipinski definition) is 8. The van der Waals surface area contributed by atoms with E-state index >= 15 is 0 Å². The first-order chi connectivity index (χ1) is 15.5. The van der Waals surface area contributed by atoms with Gasteiger partial charge in [-0.25, -0.2) is 9.79 Å². The molecule has 4 rings (SSSR count). The van der Waals surface area contributed by atoms with Crippen LogP contribution in [0.15, 0.2) is 56.8 Å². The Labute approximate surface area is 192 Å². The number of benzene rings is 1. The summed E-state index contributed by atoms with van der Waals surface area (Å²) in [6, 6.07) is 8.64. The summed E-state index contributed by atoms with van der Waals surface area (Å²) in [7, 11) is 3.15. The maximum absolute atomic E-state index is 13.5. The van der Waals surface area contributed by atoms with E-state index in [1.54, 1.807) is 44.8 Å². The van der Waals surface area contributed by atoms with Gasteiger partial charge in [-0.05, 0) is 43.5 Å². The molecule has 0 fully saturated rings. The molecular weight excluding hydrogens is 448 g/mol. The highest BCUT2D eigenvalue weighted by Gasteiger charge is 2.33. The number of methoxy groups -OCH3 is 2. The Balaban J connectivity index is 1.92. The number of hydrogen-bond donors (Lipinski definition) is 0. The maximum Gasteiger partial charge on any atom is 0.338 e. The van der Waals surface area contributed by atoms with E-state index in [0.29, 0.717) is 32.1 Å². The van der Waals surface area contributed by atoms with Crippen molar-refractivity contribution in [3.8, 4) is 11.5 Å². The van der Waals surface area contributed by atoms with Crippen molar-refractivity contribution in [1.29, 1.82) is 0 Å². The van der Waals surface area contributed by atoms with E-state index < -0.39 is 12.0 Å². The fourth-order valence-electron chi connectivity index (χ4n) is 3.59. The first-order valence-corrected chi connectivity index (χ1v) is 11.6. The third kappa shape index (κ3) is 3.89. The Bertz CT molecular complexity index is 1370. The van der Waals surface area contributed by atoms with Gasteiger partial charge in [0, 0.05) is 16.5 Å². The molecule has 166 valence electrons. The van der Waals surface area contributed by atoms with Crippen LogP contribution in [0, 0.1) is 0 Å². The molecule has 0 saturated carbocycles. The molecule has 0 N–H and O–H groups in total. The molecule has 1 aromatic carbocycles. The number of fused-ring (bicyclic) bond motifs is 1. The summed E-state index contributed by atoms with van der Waals surface area (Å²) < 4.78 is 18.1. The predicted octanol–water partition coefficient (Wildman–Crippen LogP) is 2.88. The largest absolute Gasteiger partial charge is 0.497 e. The van der Waals surface area contributed by atoms with Crippen molar-refractivity contribution in [2.45, 2.75) is 19.9 Å². The van der Waals surface area contributed by atoms with Gasteiger partial charge >= 0.3 is 5.97 Å². The molecule has 32 heavy (non-hydrogen) atoms. The molecule has 0 aliphatic carbocycles. The molecule has 7 nitrogen and oxygen atoms in total. The number of carbonyl (C=O) groups is 1. The molecule has 0 radical (unpaired) electrons. The minimum atomic E-state index is -0.579. The van der Waals surface area contributed by atoms with Crippen molar-refractivity contribution in [3.63, 3.8) is 0 Å². The molecule has 2 aromatic heterocycles. The third-order valence-corrected chi connectivity index (χ3v) is 6.96. The van der Waals surface area contributed by atoms with Gasteiger partial charge in [0.1, 0.15) is 17.5 Å². The zero-order valence-electron chi connectivity index (χ0n) is 18.1. The van der Waals surface area contributed by atoms with Gasteiger partial charge in [-0.15, -0.1) is 11.3 Å². The van der Waals surface area contributed by atoms with Crippen LogP contribution in [-0.4, -0.2) is 31.4 Å². The fourth-order valence-corrected chi connectivity index (χ4v) is 5.45. The number of aromatic nitrogens is 1. The molecule has 1 aliphatic rings. The first-order valence-electron chi connectivity index (χ1n) is 9.93. The van der Waals surface area contributed by atoms with Crippen molar-refractivity contribution in [2.24, 2.45) is 4.99 Å². The smallest absolute Gasteiger partial charge is 0.338 e. The van der Waals surface area contributed by atoms with Crippen molar-refractivity contribution >= 4 is 34.7 Å². The van der Waals surface area contributed by atoms with Gasteiger partial charge in [0.25, 0.3) is 5.56 Å². The van der Waals surface area contributed by atoms with Crippen molar-refractivity contribution < 1.29 is 19.0 Å². The van der Waals surface area contributed by atoms with Gasteiger partial charge in [-0.1, -0.05) is 17.4 Å². The zero-order valence-corrected chi connectivity index (χ0v) is 19.7. The second-order valence-electron chi connectivity index (χ2n) is 6.93. The second kappa shape index (κ2) is 9.13. The van der Waals surface area contributed by atoms with E-state index in [0.717, 1.165) is 10.4 Å². The zero-order chi connectivity index (χ0) is 22.8. The SMILES string of the molecule is CCOC(=O)C1=C(C)N=c2s/c(=C\c3ccc(OC)cc3OC)c(=O)n2[C@@H]1c1cccs1. The summed E-state index contributed by atoms with van der Waals surface area (Å²) in [6.07, 6.45) is 1.77. The summed E-state index contributed by atoms with van der Waals surface area (Å²) in [5.74, 6) is 0.791. The van der Waals surface area contributed by atoms with Crippen LogP contribution in [-0.2, 0) is 9.53 Å². The first kappa shape index (κ1) is 22.0. The summed E-state index contributed by atoms with van der Waals surface area (Å²) in [5.41, 5.74) is 1.46. The second-order valence-corrected chi connectivity index (χ2v) is 8.91. The van der Waals surface area contributed by atoms with Crippen molar-refractivity contribution in [1.82, 2.24) is 4.57 Å². The molecule has 3 aromatic rings. The number of carbonyl (C=O) groups excluding carboxylic acids is 1. The molecule has 0 unspecified atom stereocenters. The Hall–Kier alpha value is -3.17. The van der Waals surface area contributed by atoms with E-state index in [2.05, 4.69) is 4.99 Å². The van der Waals surface area contributed by atoms with E-state index in [-0.39, 0.29) is 12.2 Å². The van der Waals surface area contributed by atoms with Crippen LogP contribution in [0.2, 0.25) is 0 Å². The van der Waals surface area contributed by atoms with Crippen molar-refractivity contribution in [3.05, 3.63) is 77.1 Å². The lowest BCUT2D eigenvalue weighted by molar-refractivity contribution is -0.139. The van der Waals surface area contributed by atoms with Crippen LogP contribution in [0.1, 0.15) is 30.3 Å². The minimum absolute atomic E-state index is 0.223. The lowest BCUT2D eigenvalue weighted by atomic mass is 10.0. The molecule has 3 heterocycles. The topological polar surface area (TPSA) is 79.1 Å². The van der Waals surface area contributed by atoms with Crippen LogP contribution >= 0.6 is 22.7 Å². The predicted molar refractivity (Wildman–Crippen MR) is 124 cm³/mol. The average Bonchev–Trinajstić information content (AvgIpc) is 3.42. The monoisotopic (exact) mass is 470 g/mol. The highest BCUT2D eigenvalue weighted by molar-refractivity contribution is 7.10. The maximum atomic E-state index is 13.5. The average molecular weight is 471 g/mol. The van der Waals surface area contributed by atoms with Gasteiger partial charge in [-0.2, -0.15) is 0 Å². The van der Waals surface area contributed by atoms with Crippen LogP contribution in [0.4, 0.5) is 0 Å². The number of ether oxygens (including phenoxy) is 3. The lowest BCUT2D eigenvalue weighted by Gasteiger charge is -2.23. The molecule has 0 amide bonds. The molecule has 0 spiro atoms. The number of thiazole rings is 1. The van der Waals surface area contributed by atoms with E-state index in [1.807, 2.05) is 29.6 Å². The third-order valence-electron chi connectivity index (χ3n) is 5.06. The Morgan fingerprint density at radius 3 is 2.72 bits per heavy atom. The number of allylic oxidation sites excluding steroid dienone is 1. The Morgan fingerprint density at radius 2 is 2.06 bits per heavy atom. The van der Waals surface area contributed by atoms with Crippen LogP contribution < -0.4 is 24.4 Å². The molecule has 0 saturated heterocycles. The van der Waals surface area contributed by atoms with E-state index in [4.69, 9.17) is 14.2 Å². The summed E-state index contributed by atoms with van der Waals surface area (Å²) in [4.78, 5) is 32.3. The standard InChI is InChI=1S/C23H22N2O5S2/c1-5-30-22(27)19-13(2)24-23-25(20(19)17-7-6-10-31-17)21(26)18(32-23)11-14-8-9-15(28-3)12-16(14)29-4/h6-12,20H,5H2,1-4H3/b18-11-/t20-/m1/s1. The molecular formula is C23H22N2O5S2. The highest BCUT2D eigenvalue weighted by Crippen LogP contribution is 2.33. The normalized spacial score (nSPS) is 15.9. The number of nitrogens with zero attached hydrogens (tertiary/aromatic N) is 2. The van der Waals surface area contributed by atoms with Crippen molar-refractivity contribution in [2.75, 3.05) is 20.8 Å². The highest BCUT2D eigenvalue weighted by atomic mass is 32.1. The van der Waals surface area contributed by atoms with Crippen LogP contribution in [0.25, 0.3) is 6.08 Å². The molecule has 1 atom stereocenters. The van der Waals surface area contributed by atoms with Crippen LogP contribution in [0.3, 0.4) is 0 Å². The number of rotatable bonds is 6. The quantitative estimate of drug-likeness (QED) is 0.518. The number of thiophene rings is 1. The van der Waals surface area contributed by atoms with Gasteiger partial charge in [0.2, 0.25) is 0 Å². The van der Waals surface area contributed by atoms with E-state index in [1.165, 1.54) is 22.7 Å². The minimum Gasteiger partial charge on any atom is -0.497 e. The summed E-state index contributed by atoms with van der Waals surface area (Å²) >= 11 is 2.76. The van der Waals surface area contributed by atoms with Gasteiger partial charge in [-0.3, -0.25) is 9.36 Å². The molecule has 0 bridgehead atoms. The van der Waals surface area contributed by atoms with E-state index in [9.17, 15) is 9.59 Å². The van der Waals surface area contributed by atoms with Crippen LogP contribution in [0.5, 0.6) is 11.5 Å². The summed E-state index contributed by atoms with van der Waals surface area (Å²) in [5, 5.41) is 1.92. The van der Waals surface area contributed by atoms with Gasteiger partial charge < -0.3 is 14.2 Å². The number of esters is 1. The Kier molecular flexibility index (Phi) is 6.29.